The number of anilines is 1. The van der Waals surface area contributed by atoms with Crippen LogP contribution in [-0.2, 0) is 10.2 Å². The Bertz CT molecular complexity index is 1270. The smallest absolute Gasteiger partial charge is 0.274 e. The zero-order valence-corrected chi connectivity index (χ0v) is 18.9. The summed E-state index contributed by atoms with van der Waals surface area (Å²) in [5.41, 5.74) is 2.47. The number of methoxy groups -OCH3 is 1. The predicted molar refractivity (Wildman–Crippen MR) is 126 cm³/mol. The number of rotatable bonds is 6. The van der Waals surface area contributed by atoms with Gasteiger partial charge >= 0.3 is 0 Å². The highest BCUT2D eigenvalue weighted by molar-refractivity contribution is 6.24. The summed E-state index contributed by atoms with van der Waals surface area (Å²) in [6.45, 7) is 6.32. The minimum absolute atomic E-state index is 0.102. The lowest BCUT2D eigenvalue weighted by Gasteiger charge is -2.21. The Kier molecular flexibility index (Phi) is 6.08. The fourth-order valence-corrected chi connectivity index (χ4v) is 3.31. The number of hydrogen-bond donors (Lipinski definition) is 1. The third-order valence-corrected chi connectivity index (χ3v) is 5.10. The topological polar surface area (TPSA) is 95.1 Å². The number of benzene rings is 2. The summed E-state index contributed by atoms with van der Waals surface area (Å²) < 4.78 is 12.3. The second-order valence-corrected chi connectivity index (χ2v) is 8.44. The first-order valence-electron chi connectivity index (χ1n) is 10.5. The Balaban J connectivity index is 1.77. The van der Waals surface area contributed by atoms with Gasteiger partial charge in [0.25, 0.3) is 5.91 Å². The molecule has 2 aromatic heterocycles. The highest BCUT2D eigenvalue weighted by Crippen LogP contribution is 2.32. The molecule has 0 aliphatic rings. The zero-order valence-electron chi connectivity index (χ0n) is 18.9. The van der Waals surface area contributed by atoms with Gasteiger partial charge in [0.15, 0.2) is 5.82 Å². The Labute approximate surface area is 191 Å². The molecular weight excluding hydrogens is 418 g/mol. The molecule has 4 aromatic rings. The van der Waals surface area contributed by atoms with Gasteiger partial charge in [-0.1, -0.05) is 57.2 Å². The minimum atomic E-state index is -0.416. The van der Waals surface area contributed by atoms with Crippen LogP contribution in [0, 0.1) is 0 Å². The van der Waals surface area contributed by atoms with Gasteiger partial charge in [0.2, 0.25) is 0 Å². The van der Waals surface area contributed by atoms with Crippen LogP contribution in [0.4, 0.5) is 5.69 Å². The number of furan rings is 1. The number of aromatic nitrogens is 4. The standard InChI is InChI=1S/C25H25N5O3/c1-25(2,3)18-12-13-22(32-4)20(15-18)26-24(31)21(16-19-11-8-14-33-19)30-23(27-28-29-30)17-9-6-5-7-10-17/h5-16H,1-4H3,(H,26,31)/b21-16-. The molecule has 0 spiro atoms. The maximum absolute atomic E-state index is 13.6. The van der Waals surface area contributed by atoms with E-state index in [9.17, 15) is 4.79 Å². The van der Waals surface area contributed by atoms with Crippen LogP contribution >= 0.6 is 0 Å². The lowest BCUT2D eigenvalue weighted by atomic mass is 9.87. The molecule has 168 valence electrons. The van der Waals surface area contributed by atoms with E-state index in [1.807, 2.05) is 48.5 Å². The molecule has 8 heteroatoms. The molecule has 0 radical (unpaired) electrons. The number of amides is 1. The lowest BCUT2D eigenvalue weighted by molar-refractivity contribution is -0.111. The van der Waals surface area contributed by atoms with Crippen LogP contribution in [0.5, 0.6) is 5.75 Å². The lowest BCUT2D eigenvalue weighted by Crippen LogP contribution is -2.20. The van der Waals surface area contributed by atoms with Crippen LogP contribution in [-0.4, -0.2) is 33.2 Å². The highest BCUT2D eigenvalue weighted by atomic mass is 16.5. The van der Waals surface area contributed by atoms with Crippen LogP contribution < -0.4 is 10.1 Å². The Morgan fingerprint density at radius 1 is 1.09 bits per heavy atom. The van der Waals surface area contributed by atoms with Gasteiger partial charge in [-0.15, -0.1) is 5.10 Å². The molecule has 0 fully saturated rings. The van der Waals surface area contributed by atoms with Gasteiger partial charge in [-0.2, -0.15) is 4.68 Å². The first kappa shape index (κ1) is 22.0. The van der Waals surface area contributed by atoms with Crippen molar-refractivity contribution in [3.8, 4) is 17.1 Å². The third-order valence-electron chi connectivity index (χ3n) is 5.10. The summed E-state index contributed by atoms with van der Waals surface area (Å²) in [6.07, 6.45) is 3.13. The molecule has 0 atom stereocenters. The van der Waals surface area contributed by atoms with Gasteiger partial charge in [-0.25, -0.2) is 0 Å². The van der Waals surface area contributed by atoms with Gasteiger partial charge in [0, 0.05) is 11.6 Å². The molecule has 8 nitrogen and oxygen atoms in total. The molecular formula is C25H25N5O3. The quantitative estimate of drug-likeness (QED) is 0.427. The van der Waals surface area contributed by atoms with Crippen molar-refractivity contribution in [2.75, 3.05) is 12.4 Å². The molecule has 4 rings (SSSR count). The molecule has 1 amide bonds. The summed E-state index contributed by atoms with van der Waals surface area (Å²) in [5, 5.41) is 15.0. The van der Waals surface area contributed by atoms with Crippen molar-refractivity contribution in [3.05, 3.63) is 78.3 Å². The molecule has 0 saturated carbocycles. The molecule has 0 aliphatic carbocycles. The molecule has 0 unspecified atom stereocenters. The monoisotopic (exact) mass is 443 g/mol. The van der Waals surface area contributed by atoms with E-state index in [4.69, 9.17) is 9.15 Å². The molecule has 0 bridgehead atoms. The summed E-state index contributed by atoms with van der Waals surface area (Å²) in [6, 6.07) is 18.7. The highest BCUT2D eigenvalue weighted by Gasteiger charge is 2.22. The predicted octanol–water partition coefficient (Wildman–Crippen LogP) is 4.88. The first-order chi connectivity index (χ1) is 15.9. The van der Waals surface area contributed by atoms with Crippen LogP contribution in [0.15, 0.2) is 71.3 Å². The Morgan fingerprint density at radius 3 is 2.55 bits per heavy atom. The van der Waals surface area contributed by atoms with E-state index in [-0.39, 0.29) is 11.1 Å². The first-order valence-corrected chi connectivity index (χ1v) is 10.5. The molecule has 0 aliphatic heterocycles. The average Bonchev–Trinajstić information content (AvgIpc) is 3.49. The van der Waals surface area contributed by atoms with Crippen molar-refractivity contribution in [1.82, 2.24) is 20.2 Å². The fourth-order valence-electron chi connectivity index (χ4n) is 3.31. The molecule has 0 saturated heterocycles. The number of carbonyl (C=O) groups is 1. The van der Waals surface area contributed by atoms with Gasteiger partial charge in [0.05, 0.1) is 19.1 Å². The zero-order chi connectivity index (χ0) is 23.4. The summed E-state index contributed by atoms with van der Waals surface area (Å²) in [5.74, 6) is 1.05. The van der Waals surface area contributed by atoms with Crippen LogP contribution in [0.2, 0.25) is 0 Å². The molecule has 2 aromatic carbocycles. The van der Waals surface area contributed by atoms with E-state index in [2.05, 4.69) is 41.6 Å². The summed E-state index contributed by atoms with van der Waals surface area (Å²) in [4.78, 5) is 13.6. The van der Waals surface area contributed by atoms with Crippen molar-refractivity contribution in [2.24, 2.45) is 0 Å². The fraction of sp³-hybridized carbons (Fsp3) is 0.200. The minimum Gasteiger partial charge on any atom is -0.495 e. The van der Waals surface area contributed by atoms with Crippen molar-refractivity contribution >= 4 is 23.4 Å². The third kappa shape index (κ3) is 4.85. The SMILES string of the molecule is COc1ccc(C(C)(C)C)cc1NC(=O)/C(=C/c1ccco1)n1nnnc1-c1ccccc1. The van der Waals surface area contributed by atoms with Gasteiger partial charge in [0.1, 0.15) is 17.2 Å². The van der Waals surface area contributed by atoms with Gasteiger partial charge in [-0.05, 0) is 45.7 Å². The maximum Gasteiger partial charge on any atom is 0.274 e. The maximum atomic E-state index is 13.6. The van der Waals surface area contributed by atoms with E-state index in [0.717, 1.165) is 11.1 Å². The summed E-state index contributed by atoms with van der Waals surface area (Å²) in [7, 11) is 1.57. The van der Waals surface area contributed by atoms with E-state index in [1.165, 1.54) is 10.9 Å². The van der Waals surface area contributed by atoms with E-state index in [1.54, 1.807) is 25.3 Å². The van der Waals surface area contributed by atoms with Crippen molar-refractivity contribution in [2.45, 2.75) is 26.2 Å². The van der Waals surface area contributed by atoms with Crippen molar-refractivity contribution in [1.29, 1.82) is 0 Å². The van der Waals surface area contributed by atoms with Crippen LogP contribution in [0.25, 0.3) is 23.2 Å². The number of ether oxygens (including phenoxy) is 1. The molecule has 2 heterocycles. The van der Waals surface area contributed by atoms with Crippen LogP contribution in [0.3, 0.4) is 0 Å². The van der Waals surface area contributed by atoms with E-state index in [0.29, 0.717) is 23.0 Å². The molecule has 1 N–H and O–H groups in total. The van der Waals surface area contributed by atoms with Crippen LogP contribution in [0.1, 0.15) is 32.1 Å². The second kappa shape index (κ2) is 9.12. The Hall–Kier alpha value is -4.20. The number of hydrogen-bond acceptors (Lipinski definition) is 6. The number of nitrogens with one attached hydrogen (secondary N) is 1. The van der Waals surface area contributed by atoms with Crippen molar-refractivity contribution < 1.29 is 13.9 Å². The van der Waals surface area contributed by atoms with E-state index < -0.39 is 5.91 Å². The number of tetrazole rings is 1. The largest absolute Gasteiger partial charge is 0.495 e. The normalized spacial score (nSPS) is 11.9. The van der Waals surface area contributed by atoms with Crippen molar-refractivity contribution in [3.63, 3.8) is 0 Å². The summed E-state index contributed by atoms with van der Waals surface area (Å²) >= 11 is 0. The average molecular weight is 444 g/mol. The number of nitrogens with zero attached hydrogens (tertiary/aromatic N) is 4. The second-order valence-electron chi connectivity index (χ2n) is 8.44. The Morgan fingerprint density at radius 2 is 1.88 bits per heavy atom. The molecule has 33 heavy (non-hydrogen) atoms. The number of carbonyl (C=O) groups excluding carboxylic acids is 1. The van der Waals surface area contributed by atoms with E-state index >= 15 is 0 Å². The van der Waals surface area contributed by atoms with Gasteiger partial charge < -0.3 is 14.5 Å². The van der Waals surface area contributed by atoms with Gasteiger partial charge in [-0.3, -0.25) is 4.79 Å².